The maximum Gasteiger partial charge on any atom is 0.308 e. The summed E-state index contributed by atoms with van der Waals surface area (Å²) in [5.74, 6) is 1.20. The van der Waals surface area contributed by atoms with Crippen LogP contribution in [0, 0.1) is 6.92 Å². The van der Waals surface area contributed by atoms with Crippen LogP contribution < -0.4 is 24.3 Å². The summed E-state index contributed by atoms with van der Waals surface area (Å²) in [5, 5.41) is 4.63. The maximum atomic E-state index is 11.8. The average molecular weight is 438 g/mol. The number of methoxy groups -OCH3 is 2. The lowest BCUT2D eigenvalue weighted by Gasteiger charge is -2.20. The zero-order chi connectivity index (χ0) is 23.1. The van der Waals surface area contributed by atoms with Gasteiger partial charge in [-0.15, -0.1) is 0 Å². The van der Waals surface area contributed by atoms with Gasteiger partial charge in [0.2, 0.25) is 11.5 Å². The van der Waals surface area contributed by atoms with E-state index in [1.165, 1.54) is 25.2 Å². The molecule has 0 aliphatic heterocycles. The Balaban J connectivity index is 1.89. The summed E-state index contributed by atoms with van der Waals surface area (Å²) in [6, 6.07) is 14.3. The highest BCUT2D eigenvalue weighted by atomic mass is 16.6. The van der Waals surface area contributed by atoms with E-state index in [1.54, 1.807) is 7.11 Å². The summed E-state index contributed by atoms with van der Waals surface area (Å²) in [7, 11) is 4.92. The van der Waals surface area contributed by atoms with Crippen LogP contribution >= 0.6 is 0 Å². The molecule has 0 aromatic heterocycles. The Morgan fingerprint density at radius 1 is 0.906 bits per heavy atom. The smallest absolute Gasteiger partial charge is 0.308 e. The number of fused-ring (bicyclic) bond motifs is 1. The third kappa shape index (κ3) is 5.25. The van der Waals surface area contributed by atoms with Gasteiger partial charge in [-0.05, 0) is 49.9 Å². The van der Waals surface area contributed by atoms with Gasteiger partial charge >= 0.3 is 5.97 Å². The van der Waals surface area contributed by atoms with Crippen LogP contribution in [0.25, 0.3) is 10.8 Å². The largest absolute Gasteiger partial charge is 0.490 e. The number of hydrogen-bond donors (Lipinski definition) is 1. The fourth-order valence-electron chi connectivity index (χ4n) is 3.77. The summed E-state index contributed by atoms with van der Waals surface area (Å²) < 4.78 is 23.0. The molecular formula is C26H31NO5. The van der Waals surface area contributed by atoms with Crippen molar-refractivity contribution < 1.29 is 23.7 Å². The number of unbranched alkanes of at least 4 members (excludes halogenated alkanes) is 1. The number of anilines is 1. The van der Waals surface area contributed by atoms with Gasteiger partial charge in [0, 0.05) is 30.4 Å². The van der Waals surface area contributed by atoms with Crippen molar-refractivity contribution in [2.45, 2.75) is 33.1 Å². The SMILES string of the molecule is CNc1ccc2c(OC(C)=O)c(OC)c(OC)c(OCCCCc3cccc(C)c3)c2c1. The molecule has 0 saturated carbocycles. The standard InChI is InChI=1S/C26H31NO5/c1-17-9-8-11-19(15-17)10-6-7-14-31-23-22-16-20(27-3)12-13-21(22)24(32-18(2)28)26(30-5)25(23)29-4/h8-9,11-13,15-16,27H,6-7,10,14H2,1-5H3. The Morgan fingerprint density at radius 3 is 2.31 bits per heavy atom. The molecule has 0 bridgehead atoms. The Morgan fingerprint density at radius 2 is 1.66 bits per heavy atom. The van der Waals surface area contributed by atoms with Crippen LogP contribution in [0.5, 0.6) is 23.0 Å². The zero-order valence-electron chi connectivity index (χ0n) is 19.4. The fraction of sp³-hybridized carbons (Fsp3) is 0.346. The molecule has 3 aromatic carbocycles. The van der Waals surface area contributed by atoms with E-state index in [2.05, 4.69) is 36.5 Å². The van der Waals surface area contributed by atoms with Gasteiger partial charge in [0.15, 0.2) is 11.5 Å². The predicted octanol–water partition coefficient (Wildman–Crippen LogP) is 5.53. The highest BCUT2D eigenvalue weighted by molar-refractivity contribution is 6.01. The molecule has 0 amide bonds. The van der Waals surface area contributed by atoms with Gasteiger partial charge in [0.1, 0.15) is 0 Å². The number of rotatable bonds is 10. The molecular weight excluding hydrogens is 406 g/mol. The van der Waals surface area contributed by atoms with Crippen molar-refractivity contribution in [3.8, 4) is 23.0 Å². The van der Waals surface area contributed by atoms with E-state index in [1.807, 2.05) is 25.2 Å². The lowest BCUT2D eigenvalue weighted by molar-refractivity contribution is -0.131. The number of nitrogens with one attached hydrogen (secondary N) is 1. The molecule has 6 heteroatoms. The van der Waals surface area contributed by atoms with E-state index >= 15 is 0 Å². The van der Waals surface area contributed by atoms with Crippen LogP contribution in [0.2, 0.25) is 0 Å². The number of ether oxygens (including phenoxy) is 4. The summed E-state index contributed by atoms with van der Waals surface area (Å²) in [6.45, 7) is 3.99. The molecule has 1 N–H and O–H groups in total. The lowest BCUT2D eigenvalue weighted by atomic mass is 10.0. The number of benzene rings is 3. The van der Waals surface area contributed by atoms with E-state index in [0.29, 0.717) is 35.0 Å². The first-order valence-electron chi connectivity index (χ1n) is 10.7. The summed E-state index contributed by atoms with van der Waals surface area (Å²) in [4.78, 5) is 11.8. The van der Waals surface area contributed by atoms with E-state index < -0.39 is 5.97 Å². The van der Waals surface area contributed by atoms with E-state index in [9.17, 15) is 4.79 Å². The molecule has 0 unspecified atom stereocenters. The van der Waals surface area contributed by atoms with Gasteiger partial charge in [-0.2, -0.15) is 0 Å². The first-order valence-corrected chi connectivity index (χ1v) is 10.7. The second kappa shape index (κ2) is 10.8. The van der Waals surface area contributed by atoms with Crippen molar-refractivity contribution in [1.82, 2.24) is 0 Å². The summed E-state index contributed by atoms with van der Waals surface area (Å²) >= 11 is 0. The Bertz CT molecular complexity index is 1090. The highest BCUT2D eigenvalue weighted by Gasteiger charge is 2.25. The van der Waals surface area contributed by atoms with Crippen LogP contribution in [0.1, 0.15) is 30.9 Å². The first-order chi connectivity index (χ1) is 15.5. The number of aryl methyl sites for hydroxylation is 2. The van der Waals surface area contributed by atoms with Gasteiger partial charge in [-0.1, -0.05) is 29.8 Å². The predicted molar refractivity (Wildman–Crippen MR) is 128 cm³/mol. The molecule has 0 spiro atoms. The lowest BCUT2D eigenvalue weighted by Crippen LogP contribution is -2.07. The minimum absolute atomic E-state index is 0.321. The molecule has 0 saturated heterocycles. The monoisotopic (exact) mass is 437 g/mol. The number of carbonyl (C=O) groups is 1. The maximum absolute atomic E-state index is 11.8. The molecule has 0 aliphatic rings. The minimum atomic E-state index is -0.436. The normalized spacial score (nSPS) is 10.7. The second-order valence-corrected chi connectivity index (χ2v) is 7.62. The molecule has 0 fully saturated rings. The molecule has 0 atom stereocenters. The quantitative estimate of drug-likeness (QED) is 0.255. The van der Waals surface area contributed by atoms with Crippen LogP contribution in [-0.2, 0) is 11.2 Å². The van der Waals surface area contributed by atoms with Crippen molar-refractivity contribution in [2.75, 3.05) is 33.2 Å². The Hall–Kier alpha value is -3.41. The fourth-order valence-corrected chi connectivity index (χ4v) is 3.77. The zero-order valence-corrected chi connectivity index (χ0v) is 19.4. The molecule has 170 valence electrons. The van der Waals surface area contributed by atoms with Gasteiger partial charge in [-0.3, -0.25) is 4.79 Å². The molecule has 0 aliphatic carbocycles. The molecule has 32 heavy (non-hydrogen) atoms. The summed E-state index contributed by atoms with van der Waals surface area (Å²) in [6.07, 6.45) is 2.90. The molecule has 0 radical (unpaired) electrons. The molecule has 3 rings (SSSR count). The topological polar surface area (TPSA) is 66.0 Å². The summed E-state index contributed by atoms with van der Waals surface area (Å²) in [5.41, 5.74) is 3.51. The van der Waals surface area contributed by atoms with E-state index in [4.69, 9.17) is 18.9 Å². The first kappa shape index (κ1) is 23.3. The third-order valence-corrected chi connectivity index (χ3v) is 5.26. The molecule has 0 heterocycles. The Labute approximate surface area is 189 Å². The van der Waals surface area contributed by atoms with Crippen LogP contribution in [0.3, 0.4) is 0 Å². The second-order valence-electron chi connectivity index (χ2n) is 7.62. The van der Waals surface area contributed by atoms with Gasteiger partial charge in [0.25, 0.3) is 0 Å². The van der Waals surface area contributed by atoms with E-state index in [0.717, 1.165) is 30.3 Å². The van der Waals surface area contributed by atoms with Gasteiger partial charge in [-0.25, -0.2) is 0 Å². The van der Waals surface area contributed by atoms with Crippen molar-refractivity contribution in [1.29, 1.82) is 0 Å². The number of hydrogen-bond acceptors (Lipinski definition) is 6. The third-order valence-electron chi connectivity index (χ3n) is 5.26. The van der Waals surface area contributed by atoms with Crippen molar-refractivity contribution in [3.63, 3.8) is 0 Å². The number of esters is 1. The minimum Gasteiger partial charge on any atom is -0.490 e. The number of carbonyl (C=O) groups excluding carboxylic acids is 1. The van der Waals surface area contributed by atoms with Crippen molar-refractivity contribution >= 4 is 22.4 Å². The van der Waals surface area contributed by atoms with Crippen LogP contribution in [0.4, 0.5) is 5.69 Å². The molecule has 3 aromatic rings. The van der Waals surface area contributed by atoms with Gasteiger partial charge in [0.05, 0.1) is 20.8 Å². The van der Waals surface area contributed by atoms with E-state index in [-0.39, 0.29) is 0 Å². The molecule has 6 nitrogen and oxygen atoms in total. The van der Waals surface area contributed by atoms with Crippen molar-refractivity contribution in [3.05, 3.63) is 53.6 Å². The van der Waals surface area contributed by atoms with Crippen molar-refractivity contribution in [2.24, 2.45) is 0 Å². The van der Waals surface area contributed by atoms with Gasteiger partial charge < -0.3 is 24.3 Å². The average Bonchev–Trinajstić information content (AvgIpc) is 2.78. The van der Waals surface area contributed by atoms with Crippen LogP contribution in [-0.4, -0.2) is 33.8 Å². The van der Waals surface area contributed by atoms with Crippen LogP contribution in [0.15, 0.2) is 42.5 Å². The highest BCUT2D eigenvalue weighted by Crippen LogP contribution is 2.51. The Kier molecular flexibility index (Phi) is 7.82.